The van der Waals surface area contributed by atoms with Crippen LogP contribution in [0.1, 0.15) is 23.2 Å². The van der Waals surface area contributed by atoms with Crippen molar-refractivity contribution in [3.63, 3.8) is 0 Å². The topological polar surface area (TPSA) is 66.6 Å². The van der Waals surface area contributed by atoms with Crippen LogP contribution >= 0.6 is 0 Å². The van der Waals surface area contributed by atoms with Crippen molar-refractivity contribution in [3.8, 4) is 5.75 Å². The van der Waals surface area contributed by atoms with Gasteiger partial charge in [-0.15, -0.1) is 0 Å². The normalized spacial score (nSPS) is 15.0. The van der Waals surface area contributed by atoms with E-state index >= 15 is 0 Å². The van der Waals surface area contributed by atoms with Crippen LogP contribution in [0.4, 0.5) is 5.69 Å². The number of hydrogen-bond acceptors (Lipinski definition) is 3. The van der Waals surface area contributed by atoms with Crippen molar-refractivity contribution in [2.75, 3.05) is 12.8 Å². The smallest absolute Gasteiger partial charge is 0.257 e. The van der Waals surface area contributed by atoms with Crippen LogP contribution in [0.3, 0.4) is 0 Å². The molecule has 0 unspecified atom stereocenters. The van der Waals surface area contributed by atoms with Crippen LogP contribution in [0.25, 0.3) is 0 Å². The van der Waals surface area contributed by atoms with Crippen molar-refractivity contribution in [1.82, 2.24) is 4.90 Å². The molecule has 0 spiro atoms. The Labute approximate surface area is 88.3 Å². The van der Waals surface area contributed by atoms with E-state index in [1.807, 2.05) is 0 Å². The first kappa shape index (κ1) is 9.83. The van der Waals surface area contributed by atoms with Gasteiger partial charge in [0.05, 0.1) is 11.3 Å². The Balaban J connectivity index is 2.28. The molecule has 15 heavy (non-hydrogen) atoms. The van der Waals surface area contributed by atoms with Gasteiger partial charge in [0, 0.05) is 13.1 Å². The summed E-state index contributed by atoms with van der Waals surface area (Å²) in [7, 11) is 1.75. The third-order valence-electron chi connectivity index (χ3n) is 2.71. The number of benzene rings is 1. The Morgan fingerprint density at radius 3 is 2.80 bits per heavy atom. The lowest BCUT2D eigenvalue weighted by Crippen LogP contribution is -2.28. The summed E-state index contributed by atoms with van der Waals surface area (Å²) in [5, 5.41) is 9.65. The minimum absolute atomic E-state index is 0.116. The number of anilines is 1. The lowest BCUT2D eigenvalue weighted by molar-refractivity contribution is 0.0782. The van der Waals surface area contributed by atoms with Gasteiger partial charge in [-0.3, -0.25) is 4.79 Å². The Hall–Kier alpha value is -1.71. The standard InChI is InChI=1S/C11H14N2O2/c1-13(7-5-6-7)11(15)8-3-2-4-9(12)10(8)14/h2-4,7,14H,5-6,12H2,1H3. The molecule has 0 aromatic heterocycles. The van der Waals surface area contributed by atoms with Gasteiger partial charge in [-0.1, -0.05) is 6.07 Å². The Morgan fingerprint density at radius 2 is 2.20 bits per heavy atom. The number of rotatable bonds is 2. The molecule has 1 aromatic rings. The SMILES string of the molecule is CN(C(=O)c1cccc(N)c1O)C1CC1. The van der Waals surface area contributed by atoms with E-state index in [9.17, 15) is 9.90 Å². The predicted octanol–water partition coefficient (Wildman–Crippen LogP) is 1.21. The van der Waals surface area contributed by atoms with Crippen LogP contribution in [0.5, 0.6) is 5.75 Å². The zero-order chi connectivity index (χ0) is 11.0. The Bertz CT molecular complexity index is 400. The molecule has 4 nitrogen and oxygen atoms in total. The van der Waals surface area contributed by atoms with Crippen molar-refractivity contribution in [1.29, 1.82) is 0 Å². The van der Waals surface area contributed by atoms with E-state index in [0.29, 0.717) is 6.04 Å². The number of nitrogens with zero attached hydrogens (tertiary/aromatic N) is 1. The molecule has 0 radical (unpaired) electrons. The molecule has 0 heterocycles. The van der Waals surface area contributed by atoms with Gasteiger partial charge in [0.1, 0.15) is 0 Å². The van der Waals surface area contributed by atoms with Crippen molar-refractivity contribution >= 4 is 11.6 Å². The largest absolute Gasteiger partial charge is 0.505 e. The molecule has 1 fully saturated rings. The van der Waals surface area contributed by atoms with E-state index in [-0.39, 0.29) is 22.9 Å². The Kier molecular flexibility index (Phi) is 2.26. The summed E-state index contributed by atoms with van der Waals surface area (Å²) in [6.45, 7) is 0. The second-order valence-corrected chi connectivity index (χ2v) is 3.89. The molecule has 2 rings (SSSR count). The summed E-state index contributed by atoms with van der Waals surface area (Å²) in [6, 6.07) is 5.16. The molecule has 3 N–H and O–H groups in total. The van der Waals surface area contributed by atoms with E-state index in [0.717, 1.165) is 12.8 Å². The summed E-state index contributed by atoms with van der Waals surface area (Å²) in [5.41, 5.74) is 6.05. The van der Waals surface area contributed by atoms with E-state index in [1.165, 1.54) is 0 Å². The van der Waals surface area contributed by atoms with Crippen LogP contribution in [-0.2, 0) is 0 Å². The molecule has 80 valence electrons. The number of phenolic OH excluding ortho intramolecular Hbond substituents is 1. The number of nitrogens with two attached hydrogens (primary N) is 1. The van der Waals surface area contributed by atoms with Gasteiger partial charge in [-0.05, 0) is 25.0 Å². The Morgan fingerprint density at radius 1 is 1.53 bits per heavy atom. The van der Waals surface area contributed by atoms with Crippen molar-refractivity contribution < 1.29 is 9.90 Å². The highest BCUT2D eigenvalue weighted by molar-refractivity contribution is 5.98. The molecule has 1 saturated carbocycles. The fraction of sp³-hybridized carbons (Fsp3) is 0.364. The lowest BCUT2D eigenvalue weighted by Gasteiger charge is -2.17. The fourth-order valence-corrected chi connectivity index (χ4v) is 1.55. The highest BCUT2D eigenvalue weighted by atomic mass is 16.3. The first-order chi connectivity index (χ1) is 7.11. The van der Waals surface area contributed by atoms with Gasteiger partial charge >= 0.3 is 0 Å². The van der Waals surface area contributed by atoms with Crippen molar-refractivity contribution in [2.24, 2.45) is 0 Å². The molecule has 0 aliphatic heterocycles. The first-order valence-corrected chi connectivity index (χ1v) is 4.96. The monoisotopic (exact) mass is 206 g/mol. The lowest BCUT2D eigenvalue weighted by atomic mass is 10.1. The molecule has 1 aliphatic carbocycles. The van der Waals surface area contributed by atoms with Gasteiger partial charge < -0.3 is 15.7 Å². The van der Waals surface area contributed by atoms with Crippen molar-refractivity contribution in [3.05, 3.63) is 23.8 Å². The summed E-state index contributed by atoms with van der Waals surface area (Å²) in [6.07, 6.45) is 2.09. The minimum atomic E-state index is -0.165. The summed E-state index contributed by atoms with van der Waals surface area (Å²) >= 11 is 0. The number of hydrogen-bond donors (Lipinski definition) is 2. The fourth-order valence-electron chi connectivity index (χ4n) is 1.55. The first-order valence-electron chi connectivity index (χ1n) is 4.96. The third kappa shape index (κ3) is 1.75. The van der Waals surface area contributed by atoms with E-state index in [4.69, 9.17) is 5.73 Å². The van der Waals surface area contributed by atoms with Crippen LogP contribution in [-0.4, -0.2) is 29.0 Å². The van der Waals surface area contributed by atoms with Gasteiger partial charge in [-0.25, -0.2) is 0 Å². The molecule has 0 bridgehead atoms. The van der Waals surface area contributed by atoms with Crippen LogP contribution in [0.2, 0.25) is 0 Å². The average Bonchev–Trinajstić information content (AvgIpc) is 3.03. The quantitative estimate of drug-likeness (QED) is 0.564. The number of amides is 1. The van der Waals surface area contributed by atoms with Gasteiger partial charge in [-0.2, -0.15) is 0 Å². The molecule has 0 saturated heterocycles. The van der Waals surface area contributed by atoms with E-state index in [1.54, 1.807) is 30.1 Å². The average molecular weight is 206 g/mol. The minimum Gasteiger partial charge on any atom is -0.505 e. The van der Waals surface area contributed by atoms with E-state index < -0.39 is 0 Å². The van der Waals surface area contributed by atoms with E-state index in [2.05, 4.69) is 0 Å². The second-order valence-electron chi connectivity index (χ2n) is 3.89. The van der Waals surface area contributed by atoms with Crippen molar-refractivity contribution in [2.45, 2.75) is 18.9 Å². The number of nitrogen functional groups attached to an aromatic ring is 1. The maximum atomic E-state index is 11.9. The molecule has 1 amide bonds. The van der Waals surface area contributed by atoms with Crippen LogP contribution in [0.15, 0.2) is 18.2 Å². The highest BCUT2D eigenvalue weighted by Crippen LogP contribution is 2.30. The number of para-hydroxylation sites is 1. The zero-order valence-corrected chi connectivity index (χ0v) is 8.60. The molecule has 4 heteroatoms. The zero-order valence-electron chi connectivity index (χ0n) is 8.60. The molecular formula is C11H14N2O2. The van der Waals surface area contributed by atoms with Gasteiger partial charge in [0.15, 0.2) is 5.75 Å². The number of phenols is 1. The molecular weight excluding hydrogens is 192 g/mol. The summed E-state index contributed by atoms with van der Waals surface area (Å²) < 4.78 is 0. The van der Waals surface area contributed by atoms with Crippen LogP contribution in [0, 0.1) is 0 Å². The maximum absolute atomic E-state index is 11.9. The summed E-state index contributed by atoms with van der Waals surface area (Å²) in [4.78, 5) is 13.6. The van der Waals surface area contributed by atoms with Gasteiger partial charge in [0.2, 0.25) is 0 Å². The predicted molar refractivity (Wildman–Crippen MR) is 57.6 cm³/mol. The third-order valence-corrected chi connectivity index (χ3v) is 2.71. The maximum Gasteiger partial charge on any atom is 0.257 e. The molecule has 1 aliphatic rings. The summed E-state index contributed by atoms with van der Waals surface area (Å²) in [5.74, 6) is -0.280. The van der Waals surface area contributed by atoms with Gasteiger partial charge in [0.25, 0.3) is 5.91 Å². The number of aromatic hydroxyl groups is 1. The molecule has 0 atom stereocenters. The number of carbonyl (C=O) groups excluding carboxylic acids is 1. The highest BCUT2D eigenvalue weighted by Gasteiger charge is 2.31. The molecule has 1 aromatic carbocycles. The van der Waals surface area contributed by atoms with Crippen LogP contribution < -0.4 is 5.73 Å². The number of carbonyl (C=O) groups is 1. The second kappa shape index (κ2) is 3.46.